The smallest absolute Gasteiger partial charge is 0.191 e. The monoisotopic (exact) mass is 494 g/mol. The minimum Gasteiger partial charge on any atom is -0.361 e. The normalized spacial score (nSPS) is 11.2. The van der Waals surface area contributed by atoms with Crippen molar-refractivity contribution in [3.63, 3.8) is 0 Å². The highest BCUT2D eigenvalue weighted by atomic mass is 127. The lowest BCUT2D eigenvalue weighted by molar-refractivity contribution is 0.380. The van der Waals surface area contributed by atoms with Gasteiger partial charge >= 0.3 is 0 Å². The maximum Gasteiger partial charge on any atom is 0.191 e. The standard InChI is InChI=1S/C20H26N6O.HI/c1-4-18-17(19(5-2)27-25-18)14-23-20(21-3)22-13-15-11-12-26(24-15)16-9-7-6-8-10-16;/h6-12H,4-5,13-14H2,1-3H3,(H2,21,22,23);1H. The van der Waals surface area contributed by atoms with Crippen LogP contribution in [-0.4, -0.2) is 27.9 Å². The van der Waals surface area contributed by atoms with Crippen molar-refractivity contribution >= 4 is 29.9 Å². The molecule has 28 heavy (non-hydrogen) atoms. The second-order valence-corrected chi connectivity index (χ2v) is 6.10. The number of hydrogen-bond donors (Lipinski definition) is 2. The number of para-hydroxylation sites is 1. The van der Waals surface area contributed by atoms with Gasteiger partial charge in [-0.3, -0.25) is 4.99 Å². The van der Waals surface area contributed by atoms with Gasteiger partial charge in [0.05, 0.1) is 23.6 Å². The van der Waals surface area contributed by atoms with Crippen molar-refractivity contribution in [2.24, 2.45) is 4.99 Å². The van der Waals surface area contributed by atoms with E-state index >= 15 is 0 Å². The van der Waals surface area contributed by atoms with E-state index in [0.29, 0.717) is 13.1 Å². The maximum absolute atomic E-state index is 5.41. The Morgan fingerprint density at radius 3 is 2.50 bits per heavy atom. The molecule has 0 saturated carbocycles. The molecule has 3 rings (SSSR count). The Bertz CT molecular complexity index is 866. The molecule has 0 radical (unpaired) electrons. The molecule has 8 heteroatoms. The van der Waals surface area contributed by atoms with Gasteiger partial charge in [-0.2, -0.15) is 5.10 Å². The zero-order chi connectivity index (χ0) is 19.1. The van der Waals surface area contributed by atoms with Crippen LogP contribution < -0.4 is 10.6 Å². The number of hydrogen-bond acceptors (Lipinski definition) is 4. The van der Waals surface area contributed by atoms with E-state index in [1.807, 2.05) is 47.3 Å². The van der Waals surface area contributed by atoms with E-state index in [9.17, 15) is 0 Å². The van der Waals surface area contributed by atoms with Gasteiger partial charge in [-0.05, 0) is 24.6 Å². The fraction of sp³-hybridized carbons (Fsp3) is 0.350. The molecule has 7 nitrogen and oxygen atoms in total. The first-order chi connectivity index (χ1) is 13.2. The number of nitrogens with one attached hydrogen (secondary N) is 2. The van der Waals surface area contributed by atoms with E-state index in [-0.39, 0.29) is 24.0 Å². The highest BCUT2D eigenvalue weighted by Gasteiger charge is 2.13. The molecule has 0 aliphatic heterocycles. The fourth-order valence-electron chi connectivity index (χ4n) is 2.89. The van der Waals surface area contributed by atoms with Gasteiger partial charge in [-0.15, -0.1) is 24.0 Å². The Morgan fingerprint density at radius 2 is 1.82 bits per heavy atom. The number of nitrogens with zero attached hydrogens (tertiary/aromatic N) is 4. The second-order valence-electron chi connectivity index (χ2n) is 6.10. The molecule has 2 heterocycles. The summed E-state index contributed by atoms with van der Waals surface area (Å²) in [6.07, 6.45) is 3.64. The van der Waals surface area contributed by atoms with Crippen LogP contribution in [0.25, 0.3) is 5.69 Å². The van der Waals surface area contributed by atoms with Crippen molar-refractivity contribution in [3.8, 4) is 5.69 Å². The third kappa shape index (κ3) is 5.34. The van der Waals surface area contributed by atoms with Gasteiger partial charge in [-0.25, -0.2) is 4.68 Å². The lowest BCUT2D eigenvalue weighted by Gasteiger charge is -2.11. The summed E-state index contributed by atoms with van der Waals surface area (Å²) in [5.41, 5.74) is 4.10. The van der Waals surface area contributed by atoms with Crippen molar-refractivity contribution in [1.82, 2.24) is 25.6 Å². The molecule has 150 valence electrons. The van der Waals surface area contributed by atoms with Gasteiger partial charge in [0.2, 0.25) is 0 Å². The third-order valence-corrected chi connectivity index (χ3v) is 4.37. The Kier molecular flexibility index (Phi) is 8.49. The largest absolute Gasteiger partial charge is 0.361 e. The molecule has 2 N–H and O–H groups in total. The first-order valence-electron chi connectivity index (χ1n) is 9.25. The lowest BCUT2D eigenvalue weighted by Crippen LogP contribution is -2.36. The summed E-state index contributed by atoms with van der Waals surface area (Å²) < 4.78 is 7.28. The summed E-state index contributed by atoms with van der Waals surface area (Å²) in [4.78, 5) is 4.29. The number of guanidine groups is 1. The number of aliphatic imine (C=N–C) groups is 1. The number of benzene rings is 1. The number of halogens is 1. The van der Waals surface area contributed by atoms with Crippen molar-refractivity contribution < 1.29 is 4.52 Å². The van der Waals surface area contributed by atoms with Gasteiger partial charge in [0, 0.05) is 31.8 Å². The summed E-state index contributed by atoms with van der Waals surface area (Å²) in [6.45, 7) is 5.37. The van der Waals surface area contributed by atoms with Crippen LogP contribution in [0, 0.1) is 0 Å². The number of aryl methyl sites for hydroxylation is 2. The Morgan fingerprint density at radius 1 is 1.07 bits per heavy atom. The van der Waals surface area contributed by atoms with Gasteiger partial charge in [0.1, 0.15) is 5.76 Å². The third-order valence-electron chi connectivity index (χ3n) is 4.37. The molecule has 0 aliphatic rings. The molecule has 0 spiro atoms. The maximum atomic E-state index is 5.41. The average molecular weight is 494 g/mol. The first kappa shape index (κ1) is 21.9. The van der Waals surface area contributed by atoms with Crippen LogP contribution in [0.4, 0.5) is 0 Å². The van der Waals surface area contributed by atoms with E-state index in [0.717, 1.165) is 47.2 Å². The van der Waals surface area contributed by atoms with Gasteiger partial charge in [0.15, 0.2) is 5.96 Å². The van der Waals surface area contributed by atoms with Crippen LogP contribution in [-0.2, 0) is 25.9 Å². The molecule has 0 atom stereocenters. The first-order valence-corrected chi connectivity index (χ1v) is 9.25. The van der Waals surface area contributed by atoms with E-state index in [4.69, 9.17) is 4.52 Å². The zero-order valence-corrected chi connectivity index (χ0v) is 18.8. The molecule has 0 unspecified atom stereocenters. The van der Waals surface area contributed by atoms with Crippen LogP contribution in [0.2, 0.25) is 0 Å². The Labute approximate surface area is 182 Å². The van der Waals surface area contributed by atoms with E-state index in [2.05, 4.69) is 39.7 Å². The second kappa shape index (κ2) is 10.8. The predicted molar refractivity (Wildman–Crippen MR) is 121 cm³/mol. The summed E-state index contributed by atoms with van der Waals surface area (Å²) in [5.74, 6) is 1.64. The Balaban J connectivity index is 0.00000280. The van der Waals surface area contributed by atoms with Crippen molar-refractivity contribution in [3.05, 3.63) is 65.3 Å². The van der Waals surface area contributed by atoms with Gasteiger partial charge in [-0.1, -0.05) is 37.2 Å². The summed E-state index contributed by atoms with van der Waals surface area (Å²) >= 11 is 0. The van der Waals surface area contributed by atoms with Gasteiger partial charge in [0.25, 0.3) is 0 Å². The fourth-order valence-corrected chi connectivity index (χ4v) is 2.89. The molecule has 1 aromatic carbocycles. The Hall–Kier alpha value is -2.36. The number of aromatic nitrogens is 3. The van der Waals surface area contributed by atoms with Crippen molar-refractivity contribution in [2.45, 2.75) is 39.8 Å². The van der Waals surface area contributed by atoms with E-state index < -0.39 is 0 Å². The highest BCUT2D eigenvalue weighted by Crippen LogP contribution is 2.15. The molecule has 2 aromatic heterocycles. The molecular formula is C20H27IN6O. The predicted octanol–water partition coefficient (Wildman–Crippen LogP) is 3.47. The van der Waals surface area contributed by atoms with Crippen LogP contribution in [0.1, 0.15) is 36.6 Å². The molecule has 0 bridgehead atoms. The SMILES string of the molecule is CCc1noc(CC)c1CNC(=NC)NCc1ccn(-c2ccccc2)n1.I. The van der Waals surface area contributed by atoms with Crippen LogP contribution >= 0.6 is 24.0 Å². The molecular weight excluding hydrogens is 467 g/mol. The summed E-state index contributed by atoms with van der Waals surface area (Å²) in [5, 5.41) is 15.4. The molecule has 0 aliphatic carbocycles. The number of rotatable bonds is 7. The van der Waals surface area contributed by atoms with Crippen LogP contribution in [0.3, 0.4) is 0 Å². The molecule has 0 saturated heterocycles. The minimum atomic E-state index is 0. The van der Waals surface area contributed by atoms with Crippen LogP contribution in [0.15, 0.2) is 52.1 Å². The quantitative estimate of drug-likeness (QED) is 0.299. The molecule has 0 amide bonds. The summed E-state index contributed by atoms with van der Waals surface area (Å²) in [7, 11) is 1.76. The van der Waals surface area contributed by atoms with Gasteiger partial charge < -0.3 is 15.2 Å². The van der Waals surface area contributed by atoms with Crippen molar-refractivity contribution in [2.75, 3.05) is 7.05 Å². The molecule has 3 aromatic rings. The molecule has 0 fully saturated rings. The zero-order valence-electron chi connectivity index (χ0n) is 16.5. The highest BCUT2D eigenvalue weighted by molar-refractivity contribution is 14.0. The van der Waals surface area contributed by atoms with Crippen molar-refractivity contribution in [1.29, 1.82) is 0 Å². The van der Waals surface area contributed by atoms with Crippen LogP contribution in [0.5, 0.6) is 0 Å². The minimum absolute atomic E-state index is 0. The van der Waals surface area contributed by atoms with E-state index in [1.54, 1.807) is 7.05 Å². The topological polar surface area (TPSA) is 80.3 Å². The lowest BCUT2D eigenvalue weighted by atomic mass is 10.1. The summed E-state index contributed by atoms with van der Waals surface area (Å²) in [6, 6.07) is 12.0. The van der Waals surface area contributed by atoms with E-state index in [1.165, 1.54) is 0 Å². The average Bonchev–Trinajstić information content (AvgIpc) is 3.35.